The highest BCUT2D eigenvalue weighted by molar-refractivity contribution is 6.01. The third-order valence-electron chi connectivity index (χ3n) is 5.79. The van der Waals surface area contributed by atoms with Gasteiger partial charge in [0.15, 0.2) is 0 Å². The lowest BCUT2D eigenvalue weighted by atomic mass is 9.86. The molecule has 9 nitrogen and oxygen atoms in total. The van der Waals surface area contributed by atoms with Crippen molar-refractivity contribution in [3.8, 4) is 23.0 Å². The van der Waals surface area contributed by atoms with Gasteiger partial charge in [-0.05, 0) is 55.8 Å². The molecule has 3 N–H and O–H groups in total. The van der Waals surface area contributed by atoms with Crippen molar-refractivity contribution in [2.24, 2.45) is 0 Å². The number of hydrogen-bond acceptors (Lipinski definition) is 7. The van der Waals surface area contributed by atoms with Crippen molar-refractivity contribution in [1.29, 1.82) is 5.26 Å². The molecule has 0 saturated carbocycles. The van der Waals surface area contributed by atoms with E-state index in [1.54, 1.807) is 54.7 Å². The monoisotopic (exact) mass is 449 g/mol. The number of aromatic nitrogens is 5. The van der Waals surface area contributed by atoms with Gasteiger partial charge >= 0.3 is 5.69 Å². The van der Waals surface area contributed by atoms with E-state index in [-0.39, 0.29) is 5.39 Å². The van der Waals surface area contributed by atoms with Crippen molar-refractivity contribution < 1.29 is 0 Å². The number of pyridine rings is 3. The number of fused-ring (bicyclic) bond motifs is 3. The average molecular weight is 449 g/mol. The fourth-order valence-corrected chi connectivity index (χ4v) is 3.82. The van der Waals surface area contributed by atoms with Gasteiger partial charge in [-0.2, -0.15) is 5.26 Å². The van der Waals surface area contributed by atoms with Crippen molar-refractivity contribution in [3.05, 3.63) is 87.3 Å². The molecule has 0 aliphatic carbocycles. The van der Waals surface area contributed by atoms with Crippen LogP contribution in [0.15, 0.2) is 70.5 Å². The van der Waals surface area contributed by atoms with E-state index in [2.05, 4.69) is 21.0 Å². The lowest BCUT2D eigenvalue weighted by Crippen LogP contribution is -2.29. The molecule has 4 heterocycles. The number of nitrogen functional groups attached to an aromatic ring is 1. The van der Waals surface area contributed by atoms with Crippen LogP contribution in [0.3, 0.4) is 0 Å². The number of rotatable bonds is 3. The predicted molar refractivity (Wildman–Crippen MR) is 130 cm³/mol. The molecule has 166 valence electrons. The van der Waals surface area contributed by atoms with Crippen molar-refractivity contribution in [3.63, 3.8) is 0 Å². The van der Waals surface area contributed by atoms with Crippen molar-refractivity contribution >= 4 is 27.8 Å². The minimum atomic E-state index is -0.684. The molecule has 0 fully saturated rings. The molecule has 0 saturated heterocycles. The van der Waals surface area contributed by atoms with Crippen LogP contribution in [0, 0.1) is 11.3 Å². The lowest BCUT2D eigenvalue weighted by molar-refractivity contribution is 0.686. The molecule has 0 spiro atoms. The van der Waals surface area contributed by atoms with Gasteiger partial charge in [-0.25, -0.2) is 14.8 Å². The molecular weight excluding hydrogens is 430 g/mol. The number of nitrogens with two attached hydrogens (primary N) is 1. The highest BCUT2D eigenvalue weighted by atomic mass is 16.2. The summed E-state index contributed by atoms with van der Waals surface area (Å²) in [5, 5.41) is 9.66. The zero-order valence-corrected chi connectivity index (χ0v) is 18.4. The van der Waals surface area contributed by atoms with Crippen LogP contribution in [0.2, 0.25) is 0 Å². The normalized spacial score (nSPS) is 11.6. The van der Waals surface area contributed by atoms with E-state index in [0.29, 0.717) is 33.7 Å². The summed E-state index contributed by atoms with van der Waals surface area (Å²) in [5.41, 5.74) is 7.80. The van der Waals surface area contributed by atoms with Crippen LogP contribution in [0.4, 0.5) is 5.82 Å². The topological polar surface area (TPSA) is 143 Å². The van der Waals surface area contributed by atoms with E-state index < -0.39 is 16.7 Å². The highest BCUT2D eigenvalue weighted by Crippen LogP contribution is 2.27. The van der Waals surface area contributed by atoms with Crippen LogP contribution in [0.5, 0.6) is 0 Å². The molecule has 4 aromatic heterocycles. The largest absolute Gasteiger partial charge is 0.384 e. The van der Waals surface area contributed by atoms with E-state index in [9.17, 15) is 14.9 Å². The summed E-state index contributed by atoms with van der Waals surface area (Å²) in [6.45, 7) is 3.64. The van der Waals surface area contributed by atoms with Gasteiger partial charge < -0.3 is 5.73 Å². The van der Waals surface area contributed by atoms with Crippen LogP contribution in [-0.4, -0.2) is 24.5 Å². The highest BCUT2D eigenvalue weighted by Gasteiger charge is 2.20. The summed E-state index contributed by atoms with van der Waals surface area (Å²) in [7, 11) is 0. The molecule has 0 atom stereocenters. The van der Waals surface area contributed by atoms with Gasteiger partial charge in [0.2, 0.25) is 0 Å². The Morgan fingerprint density at radius 2 is 1.76 bits per heavy atom. The number of nitrogens with one attached hydrogen (secondary N) is 1. The second-order valence-electron chi connectivity index (χ2n) is 8.43. The number of aromatic amines is 1. The van der Waals surface area contributed by atoms with E-state index in [1.165, 1.54) is 10.8 Å². The molecule has 34 heavy (non-hydrogen) atoms. The van der Waals surface area contributed by atoms with E-state index in [4.69, 9.17) is 10.7 Å². The van der Waals surface area contributed by atoms with Gasteiger partial charge in [0, 0.05) is 18.0 Å². The van der Waals surface area contributed by atoms with Gasteiger partial charge in [0.1, 0.15) is 11.3 Å². The second kappa shape index (κ2) is 7.64. The number of nitrogens with zero attached hydrogens (tertiary/aromatic N) is 5. The van der Waals surface area contributed by atoms with Gasteiger partial charge in [-0.1, -0.05) is 12.1 Å². The van der Waals surface area contributed by atoms with E-state index in [0.717, 1.165) is 11.1 Å². The van der Waals surface area contributed by atoms with Gasteiger partial charge in [0.25, 0.3) is 5.56 Å². The number of anilines is 1. The summed E-state index contributed by atoms with van der Waals surface area (Å²) in [6, 6.07) is 16.4. The van der Waals surface area contributed by atoms with Crippen LogP contribution < -0.4 is 17.0 Å². The minimum absolute atomic E-state index is 0.230. The Labute approximate surface area is 193 Å². The SMILES string of the molecule is CC(C)(C#N)c1ccc(-n2c(=O)[nH]c(=O)c3cnc4ccc(-c5ccc(N)nc5)nc4c32)cc1. The number of nitriles is 1. The maximum absolute atomic E-state index is 13.0. The van der Waals surface area contributed by atoms with Crippen LogP contribution in [-0.2, 0) is 5.41 Å². The number of H-pyrrole nitrogens is 1. The van der Waals surface area contributed by atoms with Gasteiger partial charge in [0.05, 0.1) is 39.3 Å². The lowest BCUT2D eigenvalue weighted by Gasteiger charge is -2.17. The molecule has 0 bridgehead atoms. The Bertz CT molecular complexity index is 1730. The molecule has 5 aromatic rings. The van der Waals surface area contributed by atoms with Crippen molar-refractivity contribution in [1.82, 2.24) is 24.5 Å². The van der Waals surface area contributed by atoms with Crippen molar-refractivity contribution in [2.75, 3.05) is 5.73 Å². The maximum atomic E-state index is 13.0. The molecule has 0 amide bonds. The van der Waals surface area contributed by atoms with Crippen molar-refractivity contribution in [2.45, 2.75) is 19.3 Å². The van der Waals surface area contributed by atoms with Crippen LogP contribution >= 0.6 is 0 Å². The third kappa shape index (κ3) is 3.38. The zero-order valence-electron chi connectivity index (χ0n) is 18.4. The Balaban J connectivity index is 1.82. The fraction of sp³-hybridized carbons (Fsp3) is 0.120. The molecular formula is C25H19N7O2. The summed E-state index contributed by atoms with van der Waals surface area (Å²) in [5.74, 6) is 0.389. The average Bonchev–Trinajstić information content (AvgIpc) is 2.84. The summed E-state index contributed by atoms with van der Waals surface area (Å²) in [6.07, 6.45) is 3.04. The summed E-state index contributed by atoms with van der Waals surface area (Å²) < 4.78 is 1.40. The first-order valence-corrected chi connectivity index (χ1v) is 10.5. The standard InChI is InChI=1S/C25H19N7O2/c1-25(2,13-26)15-4-6-16(7-5-15)32-22-17(23(33)31-24(32)34)12-28-19-9-8-18(30-21(19)22)14-3-10-20(27)29-11-14/h3-12H,1-2H3,(H2,27,29)(H,31,33,34). The zero-order chi connectivity index (χ0) is 24.0. The minimum Gasteiger partial charge on any atom is -0.384 e. The second-order valence-corrected chi connectivity index (χ2v) is 8.43. The van der Waals surface area contributed by atoms with E-state index >= 15 is 0 Å². The Kier molecular flexibility index (Phi) is 4.72. The van der Waals surface area contributed by atoms with Crippen LogP contribution in [0.25, 0.3) is 38.9 Å². The number of hydrogen-bond donors (Lipinski definition) is 2. The molecule has 0 aliphatic heterocycles. The molecule has 9 heteroatoms. The number of benzene rings is 1. The maximum Gasteiger partial charge on any atom is 0.333 e. The predicted octanol–water partition coefficient (Wildman–Crippen LogP) is 3.07. The Hall–Kier alpha value is -4.84. The Morgan fingerprint density at radius 3 is 2.44 bits per heavy atom. The van der Waals surface area contributed by atoms with Crippen LogP contribution in [0.1, 0.15) is 19.4 Å². The molecule has 0 aliphatic rings. The summed E-state index contributed by atoms with van der Waals surface area (Å²) >= 11 is 0. The molecule has 5 rings (SSSR count). The summed E-state index contributed by atoms with van der Waals surface area (Å²) in [4.78, 5) is 41.2. The smallest absolute Gasteiger partial charge is 0.333 e. The first kappa shape index (κ1) is 21.0. The first-order chi connectivity index (χ1) is 16.3. The van der Waals surface area contributed by atoms with Gasteiger partial charge in [-0.15, -0.1) is 0 Å². The molecule has 0 unspecified atom stereocenters. The molecule has 0 radical (unpaired) electrons. The quantitative estimate of drug-likeness (QED) is 0.403. The third-order valence-corrected chi connectivity index (χ3v) is 5.79. The Morgan fingerprint density at radius 1 is 1.00 bits per heavy atom. The molecule has 1 aromatic carbocycles. The van der Waals surface area contributed by atoms with E-state index in [1.807, 2.05) is 13.8 Å². The first-order valence-electron chi connectivity index (χ1n) is 10.5. The van der Waals surface area contributed by atoms with Gasteiger partial charge in [-0.3, -0.25) is 19.3 Å². The fourth-order valence-electron chi connectivity index (χ4n) is 3.82.